The molecule has 1 fully saturated rings. The normalized spacial score (nSPS) is 15.8. The number of hydrogen-bond donors (Lipinski definition) is 2. The molecule has 5 nitrogen and oxygen atoms in total. The third kappa shape index (κ3) is 6.18. The van der Waals surface area contributed by atoms with E-state index in [-0.39, 0.29) is 24.0 Å². The van der Waals surface area contributed by atoms with Crippen LogP contribution in [0.1, 0.15) is 25.3 Å². The summed E-state index contributed by atoms with van der Waals surface area (Å²) in [5.41, 5.74) is 1.12. The van der Waals surface area contributed by atoms with Crippen LogP contribution in [0.3, 0.4) is 0 Å². The molecule has 1 aromatic rings. The van der Waals surface area contributed by atoms with Gasteiger partial charge in [-0.3, -0.25) is 9.89 Å². The van der Waals surface area contributed by atoms with Crippen molar-refractivity contribution in [1.82, 2.24) is 15.5 Å². The lowest BCUT2D eigenvalue weighted by Crippen LogP contribution is -2.45. The number of aliphatic imine (C=N–C) groups is 1. The second kappa shape index (κ2) is 9.97. The quantitative estimate of drug-likeness (QED) is 0.395. The number of nitrogens with one attached hydrogen (secondary N) is 2. The van der Waals surface area contributed by atoms with Crippen LogP contribution in [-0.4, -0.2) is 50.7 Å². The molecule has 0 amide bonds. The molecule has 1 unspecified atom stereocenters. The molecule has 0 aromatic heterocycles. The summed E-state index contributed by atoms with van der Waals surface area (Å²) >= 11 is 0. The molecule has 1 aliphatic carbocycles. The number of benzene rings is 1. The number of halogens is 1. The van der Waals surface area contributed by atoms with E-state index in [1.165, 1.54) is 12.8 Å². The van der Waals surface area contributed by atoms with Gasteiger partial charge in [-0.05, 0) is 32.9 Å². The minimum absolute atomic E-state index is 0. The fourth-order valence-electron chi connectivity index (χ4n) is 2.48. The van der Waals surface area contributed by atoms with Crippen LogP contribution in [0.4, 0.5) is 0 Å². The third-order valence-electron chi connectivity index (χ3n) is 4.25. The van der Waals surface area contributed by atoms with E-state index in [1.54, 1.807) is 14.2 Å². The SMILES string of the molecule is CN=C(NCc1ccccc1OC)NCC(C)N(C)C1CC1.I. The summed E-state index contributed by atoms with van der Waals surface area (Å²) in [6, 6.07) is 9.30. The van der Waals surface area contributed by atoms with Crippen LogP contribution in [-0.2, 0) is 6.54 Å². The summed E-state index contributed by atoms with van der Waals surface area (Å²) in [6.45, 7) is 3.83. The van der Waals surface area contributed by atoms with Gasteiger partial charge in [0.25, 0.3) is 0 Å². The maximum Gasteiger partial charge on any atom is 0.191 e. The minimum atomic E-state index is 0. The number of rotatable bonds is 7. The van der Waals surface area contributed by atoms with E-state index in [2.05, 4.69) is 40.6 Å². The zero-order chi connectivity index (χ0) is 15.9. The molecule has 2 N–H and O–H groups in total. The topological polar surface area (TPSA) is 48.9 Å². The smallest absolute Gasteiger partial charge is 0.191 e. The Balaban J connectivity index is 0.00000264. The second-order valence-electron chi connectivity index (χ2n) is 5.86. The molecule has 0 spiro atoms. The van der Waals surface area contributed by atoms with Crippen molar-refractivity contribution < 1.29 is 4.74 Å². The third-order valence-corrected chi connectivity index (χ3v) is 4.25. The summed E-state index contributed by atoms with van der Waals surface area (Å²) < 4.78 is 5.37. The highest BCUT2D eigenvalue weighted by Gasteiger charge is 2.28. The molecule has 6 heteroatoms. The Bertz CT molecular complexity index is 505. The average Bonchev–Trinajstić information content (AvgIpc) is 3.39. The molecule has 0 radical (unpaired) electrons. The van der Waals surface area contributed by atoms with Crippen LogP contribution < -0.4 is 15.4 Å². The van der Waals surface area contributed by atoms with Crippen LogP contribution in [0.25, 0.3) is 0 Å². The Kier molecular flexibility index (Phi) is 8.68. The van der Waals surface area contributed by atoms with Crippen molar-refractivity contribution in [1.29, 1.82) is 0 Å². The number of methoxy groups -OCH3 is 1. The molecule has 0 heterocycles. The maximum atomic E-state index is 5.37. The summed E-state index contributed by atoms with van der Waals surface area (Å²) in [4.78, 5) is 6.73. The molecular formula is C17H29IN4O. The fraction of sp³-hybridized carbons (Fsp3) is 0.588. The van der Waals surface area contributed by atoms with Crippen LogP contribution >= 0.6 is 24.0 Å². The molecule has 0 saturated heterocycles. The van der Waals surface area contributed by atoms with Crippen molar-refractivity contribution >= 4 is 29.9 Å². The van der Waals surface area contributed by atoms with Gasteiger partial charge in [0.05, 0.1) is 7.11 Å². The first kappa shape index (κ1) is 20.0. The van der Waals surface area contributed by atoms with Crippen molar-refractivity contribution in [2.45, 2.75) is 38.4 Å². The molecule has 1 atom stereocenters. The molecule has 23 heavy (non-hydrogen) atoms. The van der Waals surface area contributed by atoms with Crippen molar-refractivity contribution in [3.8, 4) is 5.75 Å². The first-order valence-corrected chi connectivity index (χ1v) is 7.94. The maximum absolute atomic E-state index is 5.37. The minimum Gasteiger partial charge on any atom is -0.496 e. The molecule has 2 rings (SSSR count). The zero-order valence-electron chi connectivity index (χ0n) is 14.5. The number of nitrogens with zero attached hydrogens (tertiary/aromatic N) is 2. The fourth-order valence-corrected chi connectivity index (χ4v) is 2.48. The number of likely N-dealkylation sites (N-methyl/N-ethyl adjacent to an activating group) is 1. The highest BCUT2D eigenvalue weighted by Crippen LogP contribution is 2.26. The summed E-state index contributed by atoms with van der Waals surface area (Å²) in [5, 5.41) is 6.74. The van der Waals surface area contributed by atoms with E-state index in [0.29, 0.717) is 12.6 Å². The van der Waals surface area contributed by atoms with E-state index in [4.69, 9.17) is 4.74 Å². The van der Waals surface area contributed by atoms with Gasteiger partial charge in [-0.15, -0.1) is 24.0 Å². The van der Waals surface area contributed by atoms with Gasteiger partial charge >= 0.3 is 0 Å². The molecular weight excluding hydrogens is 403 g/mol. The molecule has 130 valence electrons. The Morgan fingerprint density at radius 2 is 2.04 bits per heavy atom. The Morgan fingerprint density at radius 1 is 1.35 bits per heavy atom. The number of guanidine groups is 1. The van der Waals surface area contributed by atoms with Crippen molar-refractivity contribution in [3.63, 3.8) is 0 Å². The van der Waals surface area contributed by atoms with E-state index >= 15 is 0 Å². The van der Waals surface area contributed by atoms with Crippen molar-refractivity contribution in [2.75, 3.05) is 27.7 Å². The van der Waals surface area contributed by atoms with E-state index < -0.39 is 0 Å². The lowest BCUT2D eigenvalue weighted by atomic mass is 10.2. The Hall–Kier alpha value is -1.02. The van der Waals surface area contributed by atoms with Crippen molar-refractivity contribution in [3.05, 3.63) is 29.8 Å². The van der Waals surface area contributed by atoms with Gasteiger partial charge in [0, 0.05) is 37.8 Å². The zero-order valence-corrected chi connectivity index (χ0v) is 16.8. The molecule has 0 aliphatic heterocycles. The lowest BCUT2D eigenvalue weighted by molar-refractivity contribution is 0.247. The van der Waals surface area contributed by atoms with Crippen LogP contribution in [0.2, 0.25) is 0 Å². The number of ether oxygens (including phenoxy) is 1. The van der Waals surface area contributed by atoms with E-state index in [9.17, 15) is 0 Å². The predicted octanol–water partition coefficient (Wildman–Crippen LogP) is 2.46. The highest BCUT2D eigenvalue weighted by atomic mass is 127. The lowest BCUT2D eigenvalue weighted by Gasteiger charge is -2.25. The monoisotopic (exact) mass is 432 g/mol. The summed E-state index contributed by atoms with van der Waals surface area (Å²) in [7, 11) is 5.70. The van der Waals surface area contributed by atoms with Gasteiger partial charge in [0.2, 0.25) is 0 Å². The van der Waals surface area contributed by atoms with Gasteiger partial charge < -0.3 is 15.4 Å². The molecule has 1 aliphatic rings. The Morgan fingerprint density at radius 3 is 2.65 bits per heavy atom. The van der Waals surface area contributed by atoms with Crippen LogP contribution in [0.15, 0.2) is 29.3 Å². The summed E-state index contributed by atoms with van der Waals surface area (Å²) in [5.74, 6) is 1.72. The molecule has 1 aromatic carbocycles. The van der Waals surface area contributed by atoms with Crippen LogP contribution in [0, 0.1) is 0 Å². The van der Waals surface area contributed by atoms with Crippen molar-refractivity contribution in [2.24, 2.45) is 4.99 Å². The van der Waals surface area contributed by atoms with Crippen LogP contribution in [0.5, 0.6) is 5.75 Å². The molecule has 0 bridgehead atoms. The van der Waals surface area contributed by atoms with E-state index in [0.717, 1.165) is 29.9 Å². The number of para-hydroxylation sites is 1. The van der Waals surface area contributed by atoms with Gasteiger partial charge in [0.15, 0.2) is 5.96 Å². The molecule has 1 saturated carbocycles. The number of hydrogen-bond acceptors (Lipinski definition) is 3. The van der Waals surface area contributed by atoms with Gasteiger partial charge in [-0.2, -0.15) is 0 Å². The first-order valence-electron chi connectivity index (χ1n) is 7.94. The second-order valence-corrected chi connectivity index (χ2v) is 5.86. The largest absolute Gasteiger partial charge is 0.496 e. The standard InChI is InChI=1S/C17H28N4O.HI/c1-13(21(3)15-9-10-15)11-19-17(18-2)20-12-14-7-5-6-8-16(14)22-4;/h5-8,13,15H,9-12H2,1-4H3,(H2,18,19,20);1H. The highest BCUT2D eigenvalue weighted by molar-refractivity contribution is 14.0. The average molecular weight is 432 g/mol. The van der Waals surface area contributed by atoms with Gasteiger partial charge in [-0.1, -0.05) is 18.2 Å². The summed E-state index contributed by atoms with van der Waals surface area (Å²) in [6.07, 6.45) is 2.67. The Labute approximate surface area is 156 Å². The van der Waals surface area contributed by atoms with Gasteiger partial charge in [0.1, 0.15) is 5.75 Å². The van der Waals surface area contributed by atoms with Gasteiger partial charge in [-0.25, -0.2) is 0 Å². The van der Waals surface area contributed by atoms with E-state index in [1.807, 2.05) is 18.2 Å². The predicted molar refractivity (Wildman–Crippen MR) is 107 cm³/mol. The first-order chi connectivity index (χ1) is 10.7.